The fourth-order valence-corrected chi connectivity index (χ4v) is 3.71. The fraction of sp³-hybridized carbons (Fsp3) is 0.231. The van der Waals surface area contributed by atoms with E-state index in [0.717, 1.165) is 0 Å². The molecule has 0 aliphatic heterocycles. The summed E-state index contributed by atoms with van der Waals surface area (Å²) in [5.41, 5.74) is 0.616. The molecule has 2 N–H and O–H groups in total. The minimum atomic E-state index is -3.78. The molecule has 5 nitrogen and oxygen atoms in total. The molecule has 0 bridgehead atoms. The zero-order valence-corrected chi connectivity index (χ0v) is 13.5. The maximum Gasteiger partial charge on any atom is 0.242 e. The van der Waals surface area contributed by atoms with Crippen molar-refractivity contribution in [2.45, 2.75) is 18.0 Å². The van der Waals surface area contributed by atoms with Crippen LogP contribution in [0.2, 0.25) is 10.0 Å². The minimum Gasteiger partial charge on any atom is -0.468 e. The zero-order chi connectivity index (χ0) is 15.5. The summed E-state index contributed by atoms with van der Waals surface area (Å²) in [5, 5.41) is 3.37. The Morgan fingerprint density at radius 2 is 2.00 bits per heavy atom. The molecule has 0 radical (unpaired) electrons. The summed E-state index contributed by atoms with van der Waals surface area (Å²) in [6.45, 7) is 0.458. The van der Waals surface area contributed by atoms with Crippen molar-refractivity contribution < 1.29 is 12.8 Å². The maximum atomic E-state index is 12.3. The molecule has 1 aromatic heterocycles. The monoisotopic (exact) mass is 348 g/mol. The van der Waals surface area contributed by atoms with Crippen LogP contribution >= 0.6 is 23.2 Å². The van der Waals surface area contributed by atoms with Crippen molar-refractivity contribution in [3.05, 3.63) is 51.9 Å². The normalized spacial score (nSPS) is 11.8. The first kappa shape index (κ1) is 16.3. The number of nitrogens with one attached hydrogen (secondary N) is 2. The quantitative estimate of drug-likeness (QED) is 0.841. The van der Waals surface area contributed by atoms with Crippen LogP contribution in [0.3, 0.4) is 0 Å². The molecule has 0 atom stereocenters. The Hall–Kier alpha value is -1.05. The van der Waals surface area contributed by atoms with Gasteiger partial charge in [0.25, 0.3) is 0 Å². The van der Waals surface area contributed by atoms with Crippen molar-refractivity contribution in [2.75, 3.05) is 7.05 Å². The molecule has 0 aliphatic carbocycles. The van der Waals surface area contributed by atoms with Gasteiger partial charge >= 0.3 is 0 Å². The van der Waals surface area contributed by atoms with Gasteiger partial charge in [-0.3, -0.25) is 0 Å². The lowest BCUT2D eigenvalue weighted by molar-refractivity contribution is 0.498. The Morgan fingerprint density at radius 1 is 1.24 bits per heavy atom. The molecule has 1 heterocycles. The first-order valence-corrected chi connectivity index (χ1v) is 8.32. The van der Waals surface area contributed by atoms with Gasteiger partial charge in [0.1, 0.15) is 10.7 Å². The molecule has 0 spiro atoms. The molecule has 2 rings (SSSR count). The largest absolute Gasteiger partial charge is 0.468 e. The van der Waals surface area contributed by atoms with Crippen molar-refractivity contribution >= 4 is 33.2 Å². The molecule has 0 aliphatic rings. The predicted molar refractivity (Wildman–Crippen MR) is 82.0 cm³/mol. The van der Waals surface area contributed by atoms with Gasteiger partial charge in [0.05, 0.1) is 17.8 Å². The van der Waals surface area contributed by atoms with Gasteiger partial charge in [0.15, 0.2) is 0 Å². The van der Waals surface area contributed by atoms with E-state index in [1.165, 1.54) is 12.3 Å². The summed E-state index contributed by atoms with van der Waals surface area (Å²) in [6, 6.07) is 6.31. The third-order valence-corrected chi connectivity index (χ3v) is 4.95. The molecular weight excluding hydrogens is 335 g/mol. The fourth-order valence-electron chi connectivity index (χ4n) is 1.79. The molecule has 21 heavy (non-hydrogen) atoms. The van der Waals surface area contributed by atoms with Crippen LogP contribution in [0.4, 0.5) is 0 Å². The lowest BCUT2D eigenvalue weighted by Gasteiger charge is -2.11. The van der Waals surface area contributed by atoms with E-state index in [1.54, 1.807) is 25.2 Å². The number of furan rings is 1. The van der Waals surface area contributed by atoms with Crippen LogP contribution in [-0.2, 0) is 23.1 Å². The third kappa shape index (κ3) is 3.99. The van der Waals surface area contributed by atoms with Gasteiger partial charge in [-0.2, -0.15) is 0 Å². The molecule has 8 heteroatoms. The van der Waals surface area contributed by atoms with Crippen molar-refractivity contribution in [1.82, 2.24) is 10.0 Å². The highest BCUT2D eigenvalue weighted by molar-refractivity contribution is 7.89. The molecule has 0 amide bonds. The van der Waals surface area contributed by atoms with Crippen LogP contribution in [0.25, 0.3) is 0 Å². The van der Waals surface area contributed by atoms with E-state index in [9.17, 15) is 8.42 Å². The van der Waals surface area contributed by atoms with Crippen molar-refractivity contribution in [1.29, 1.82) is 0 Å². The second-order valence-corrected chi connectivity index (χ2v) is 6.86. The van der Waals surface area contributed by atoms with E-state index in [0.29, 0.717) is 22.9 Å². The van der Waals surface area contributed by atoms with E-state index in [4.69, 9.17) is 27.6 Å². The molecule has 0 fully saturated rings. The first-order valence-electron chi connectivity index (χ1n) is 6.08. The Balaban J connectivity index is 2.30. The lowest BCUT2D eigenvalue weighted by atomic mass is 10.2. The Morgan fingerprint density at radius 3 is 2.62 bits per heavy atom. The highest BCUT2D eigenvalue weighted by Crippen LogP contribution is 2.29. The summed E-state index contributed by atoms with van der Waals surface area (Å²) >= 11 is 12.1. The lowest BCUT2D eigenvalue weighted by Crippen LogP contribution is -2.24. The number of hydrogen-bond acceptors (Lipinski definition) is 4. The molecule has 0 saturated carbocycles. The second-order valence-electron chi connectivity index (χ2n) is 4.31. The van der Waals surface area contributed by atoms with Crippen LogP contribution < -0.4 is 10.0 Å². The number of sulfonamides is 1. The van der Waals surface area contributed by atoms with Gasteiger partial charge < -0.3 is 9.73 Å². The SMILES string of the molecule is CNCc1cc(Cl)cc(S(=O)(=O)NCc2ccco2)c1Cl. The van der Waals surface area contributed by atoms with Crippen LogP contribution in [0.1, 0.15) is 11.3 Å². The average Bonchev–Trinajstić information content (AvgIpc) is 2.94. The first-order chi connectivity index (χ1) is 9.94. The molecular formula is C13H14Cl2N2O3S. The predicted octanol–water partition coefficient (Wildman–Crippen LogP) is 2.78. The van der Waals surface area contributed by atoms with E-state index in [-0.39, 0.29) is 16.5 Å². The van der Waals surface area contributed by atoms with Crippen molar-refractivity contribution in [3.63, 3.8) is 0 Å². The van der Waals surface area contributed by atoms with Crippen molar-refractivity contribution in [3.8, 4) is 0 Å². The number of hydrogen-bond donors (Lipinski definition) is 2. The van der Waals surface area contributed by atoms with Crippen LogP contribution in [0.15, 0.2) is 39.8 Å². The van der Waals surface area contributed by atoms with E-state index in [2.05, 4.69) is 10.0 Å². The van der Waals surface area contributed by atoms with Gasteiger partial charge in [-0.05, 0) is 36.9 Å². The molecule has 0 saturated heterocycles. The molecule has 114 valence electrons. The van der Waals surface area contributed by atoms with Gasteiger partial charge in [0.2, 0.25) is 10.0 Å². The van der Waals surface area contributed by atoms with Gasteiger partial charge in [-0.15, -0.1) is 0 Å². The van der Waals surface area contributed by atoms with E-state index in [1.807, 2.05) is 0 Å². The topological polar surface area (TPSA) is 71.3 Å². The van der Waals surface area contributed by atoms with Crippen molar-refractivity contribution in [2.24, 2.45) is 0 Å². The molecule has 0 unspecified atom stereocenters. The van der Waals surface area contributed by atoms with Gasteiger partial charge in [-0.25, -0.2) is 13.1 Å². The highest BCUT2D eigenvalue weighted by atomic mass is 35.5. The number of benzene rings is 1. The van der Waals surface area contributed by atoms with Crippen LogP contribution in [-0.4, -0.2) is 15.5 Å². The third-order valence-electron chi connectivity index (χ3n) is 2.75. The summed E-state index contributed by atoms with van der Waals surface area (Å²) < 4.78 is 32.2. The zero-order valence-electron chi connectivity index (χ0n) is 11.2. The highest BCUT2D eigenvalue weighted by Gasteiger charge is 2.21. The summed E-state index contributed by atoms with van der Waals surface area (Å²) in [5.74, 6) is 0.507. The Bertz CT molecular complexity index is 715. The average molecular weight is 349 g/mol. The molecule has 1 aromatic carbocycles. The summed E-state index contributed by atoms with van der Waals surface area (Å²) in [6.07, 6.45) is 1.47. The molecule has 2 aromatic rings. The van der Waals surface area contributed by atoms with Gasteiger partial charge in [0, 0.05) is 11.6 Å². The standard InChI is InChI=1S/C13H14Cl2N2O3S/c1-16-7-9-5-10(14)6-12(13(9)15)21(18,19)17-8-11-3-2-4-20-11/h2-6,16-17H,7-8H2,1H3. The maximum absolute atomic E-state index is 12.3. The summed E-state index contributed by atoms with van der Waals surface area (Å²) in [7, 11) is -2.05. The Labute approximate surface area is 133 Å². The Kier molecular flexibility index (Phi) is 5.29. The number of rotatable bonds is 6. The van der Waals surface area contributed by atoms with Gasteiger partial charge in [-0.1, -0.05) is 23.2 Å². The second kappa shape index (κ2) is 6.81. The number of halogens is 2. The van der Waals surface area contributed by atoms with E-state index < -0.39 is 10.0 Å². The summed E-state index contributed by atoms with van der Waals surface area (Å²) in [4.78, 5) is -0.0477. The van der Waals surface area contributed by atoms with E-state index >= 15 is 0 Å². The van der Waals surface area contributed by atoms with Crippen LogP contribution in [0.5, 0.6) is 0 Å². The minimum absolute atomic E-state index is 0.0412. The van der Waals surface area contributed by atoms with Crippen LogP contribution in [0, 0.1) is 0 Å². The smallest absolute Gasteiger partial charge is 0.242 e.